The van der Waals surface area contributed by atoms with Crippen LogP contribution in [0.15, 0.2) is 59.8 Å². The zero-order valence-corrected chi connectivity index (χ0v) is 14.8. The Morgan fingerprint density at radius 3 is 2.58 bits per heavy atom. The number of carbonyl (C=O) groups excluding carboxylic acids is 1. The van der Waals surface area contributed by atoms with Crippen LogP contribution in [0.3, 0.4) is 0 Å². The summed E-state index contributed by atoms with van der Waals surface area (Å²) >= 11 is 1.62. The number of carbonyl (C=O) groups is 1. The molecule has 26 heavy (non-hydrogen) atoms. The fourth-order valence-corrected chi connectivity index (χ4v) is 2.72. The van der Waals surface area contributed by atoms with Crippen molar-refractivity contribution < 1.29 is 14.3 Å². The van der Waals surface area contributed by atoms with Crippen molar-refractivity contribution in [2.24, 2.45) is 0 Å². The van der Waals surface area contributed by atoms with Crippen LogP contribution in [0.1, 0.15) is 22.3 Å². The maximum absolute atomic E-state index is 12.9. The van der Waals surface area contributed by atoms with E-state index in [4.69, 9.17) is 0 Å². The number of nitrogens with one attached hydrogen (secondary N) is 1. The minimum atomic E-state index is -0.882. The molecule has 1 aromatic heterocycles. The van der Waals surface area contributed by atoms with Gasteiger partial charge in [0.1, 0.15) is 12.1 Å². The quantitative estimate of drug-likeness (QED) is 0.650. The van der Waals surface area contributed by atoms with Crippen LogP contribution in [0.25, 0.3) is 0 Å². The summed E-state index contributed by atoms with van der Waals surface area (Å²) in [6, 6.07) is 13.0. The molecule has 3 rings (SSSR count). The molecule has 1 amide bonds. The van der Waals surface area contributed by atoms with E-state index in [0.717, 1.165) is 4.90 Å². The number of benzene rings is 2. The zero-order valence-electron chi connectivity index (χ0n) is 14.0. The van der Waals surface area contributed by atoms with Crippen LogP contribution < -0.4 is 5.32 Å². The molecule has 6 nitrogen and oxygen atoms in total. The molecule has 0 fully saturated rings. The van der Waals surface area contributed by atoms with E-state index in [1.54, 1.807) is 23.9 Å². The van der Waals surface area contributed by atoms with Gasteiger partial charge in [0.15, 0.2) is 0 Å². The average molecular weight is 372 g/mol. The predicted octanol–water partition coefficient (Wildman–Crippen LogP) is 3.13. The fourth-order valence-electron chi connectivity index (χ4n) is 2.32. The number of nitrogens with zero attached hydrogens (tertiary/aromatic N) is 3. The predicted molar refractivity (Wildman–Crippen MR) is 97.6 cm³/mol. The largest absolute Gasteiger partial charge is 0.386 e. The maximum atomic E-state index is 12.9. The molecule has 2 N–H and O–H groups in total. The van der Waals surface area contributed by atoms with E-state index in [-0.39, 0.29) is 18.2 Å². The van der Waals surface area contributed by atoms with E-state index < -0.39 is 12.0 Å². The first-order valence-electron chi connectivity index (χ1n) is 7.83. The number of hydrogen-bond donors (Lipinski definition) is 2. The molecule has 0 aliphatic rings. The minimum absolute atomic E-state index is 0.00486. The van der Waals surface area contributed by atoms with E-state index in [2.05, 4.69) is 15.4 Å². The van der Waals surface area contributed by atoms with Gasteiger partial charge in [0.25, 0.3) is 5.91 Å². The molecule has 0 bridgehead atoms. The Bertz CT molecular complexity index is 881. The van der Waals surface area contributed by atoms with E-state index in [1.807, 2.05) is 18.4 Å². The lowest BCUT2D eigenvalue weighted by Gasteiger charge is -2.10. The molecule has 0 radical (unpaired) electrons. The Morgan fingerprint density at radius 1 is 1.23 bits per heavy atom. The second kappa shape index (κ2) is 8.11. The van der Waals surface area contributed by atoms with Gasteiger partial charge >= 0.3 is 0 Å². The highest BCUT2D eigenvalue weighted by Gasteiger charge is 2.14. The van der Waals surface area contributed by atoms with Gasteiger partial charge in [0.2, 0.25) is 5.82 Å². The summed E-state index contributed by atoms with van der Waals surface area (Å²) in [7, 11) is 0. The minimum Gasteiger partial charge on any atom is -0.386 e. The number of aromatic nitrogens is 3. The summed E-state index contributed by atoms with van der Waals surface area (Å²) < 4.78 is 14.3. The Hall–Kier alpha value is -2.71. The summed E-state index contributed by atoms with van der Waals surface area (Å²) in [6.07, 6.45) is 2.47. The number of halogens is 1. The van der Waals surface area contributed by atoms with E-state index in [9.17, 15) is 14.3 Å². The molecule has 1 atom stereocenters. The SMILES string of the molecule is CSc1ccc(NC(=O)c2ncn(C[C@H](O)c3ccc(F)cc3)n2)cc1. The van der Waals surface area contributed by atoms with Gasteiger partial charge in [-0.1, -0.05) is 12.1 Å². The van der Waals surface area contributed by atoms with Gasteiger partial charge in [-0.05, 0) is 48.2 Å². The number of anilines is 1. The smallest absolute Gasteiger partial charge is 0.295 e. The van der Waals surface area contributed by atoms with Crippen molar-refractivity contribution >= 4 is 23.4 Å². The van der Waals surface area contributed by atoms with E-state index >= 15 is 0 Å². The third kappa shape index (κ3) is 4.47. The van der Waals surface area contributed by atoms with Crippen LogP contribution in [0.5, 0.6) is 0 Å². The Labute approximate surface area is 154 Å². The van der Waals surface area contributed by atoms with Crippen molar-refractivity contribution in [2.75, 3.05) is 11.6 Å². The molecular formula is C18H17FN4O2S. The van der Waals surface area contributed by atoms with E-state index in [1.165, 1.54) is 35.3 Å². The van der Waals surface area contributed by atoms with Crippen molar-refractivity contribution in [3.63, 3.8) is 0 Å². The Morgan fingerprint density at radius 2 is 1.92 bits per heavy atom. The first-order chi connectivity index (χ1) is 12.5. The van der Waals surface area contributed by atoms with E-state index in [0.29, 0.717) is 11.3 Å². The molecule has 3 aromatic rings. The summed E-state index contributed by atoms with van der Waals surface area (Å²) in [5, 5.41) is 17.0. The van der Waals surface area contributed by atoms with Gasteiger partial charge in [-0.15, -0.1) is 16.9 Å². The summed E-state index contributed by atoms with van der Waals surface area (Å²) in [5.41, 5.74) is 1.21. The topological polar surface area (TPSA) is 80.0 Å². The molecule has 0 saturated heterocycles. The molecule has 0 saturated carbocycles. The zero-order chi connectivity index (χ0) is 18.5. The summed E-state index contributed by atoms with van der Waals surface area (Å²) in [6.45, 7) is 0.105. The van der Waals surface area contributed by atoms with Gasteiger partial charge in [-0.2, -0.15) is 0 Å². The monoisotopic (exact) mass is 372 g/mol. The molecule has 0 aliphatic carbocycles. The number of amides is 1. The second-order valence-corrected chi connectivity index (χ2v) is 6.42. The summed E-state index contributed by atoms with van der Waals surface area (Å²) in [5.74, 6) is -0.798. The average Bonchev–Trinajstić information content (AvgIpc) is 3.11. The van der Waals surface area contributed by atoms with Crippen LogP contribution in [-0.4, -0.2) is 32.0 Å². The van der Waals surface area contributed by atoms with Crippen LogP contribution in [0, 0.1) is 5.82 Å². The molecule has 0 unspecified atom stereocenters. The maximum Gasteiger partial charge on any atom is 0.295 e. The highest BCUT2D eigenvalue weighted by molar-refractivity contribution is 7.98. The summed E-state index contributed by atoms with van der Waals surface area (Å²) in [4.78, 5) is 17.3. The number of aliphatic hydroxyl groups is 1. The van der Waals surface area contributed by atoms with Crippen molar-refractivity contribution in [1.82, 2.24) is 14.8 Å². The van der Waals surface area contributed by atoms with Gasteiger partial charge in [-0.3, -0.25) is 4.79 Å². The van der Waals surface area contributed by atoms with Crippen molar-refractivity contribution in [3.05, 3.63) is 72.1 Å². The number of thioether (sulfide) groups is 1. The highest BCUT2D eigenvalue weighted by Crippen LogP contribution is 2.18. The number of rotatable bonds is 6. The molecule has 8 heteroatoms. The van der Waals surface area contributed by atoms with Gasteiger partial charge in [0.05, 0.1) is 12.6 Å². The highest BCUT2D eigenvalue weighted by atomic mass is 32.2. The molecule has 0 aliphatic heterocycles. The van der Waals surface area contributed by atoms with Crippen molar-refractivity contribution in [3.8, 4) is 0 Å². The Kier molecular flexibility index (Phi) is 5.65. The first kappa shape index (κ1) is 18.1. The third-order valence-electron chi connectivity index (χ3n) is 3.70. The molecule has 2 aromatic carbocycles. The third-order valence-corrected chi connectivity index (χ3v) is 4.45. The van der Waals surface area contributed by atoms with Crippen LogP contribution in [0.4, 0.5) is 10.1 Å². The van der Waals surface area contributed by atoms with Crippen LogP contribution in [0.2, 0.25) is 0 Å². The molecule has 134 valence electrons. The number of aliphatic hydroxyl groups excluding tert-OH is 1. The van der Waals surface area contributed by atoms with Crippen molar-refractivity contribution in [2.45, 2.75) is 17.5 Å². The lowest BCUT2D eigenvalue weighted by molar-refractivity contribution is 0.101. The van der Waals surface area contributed by atoms with Gasteiger partial charge < -0.3 is 10.4 Å². The fraction of sp³-hybridized carbons (Fsp3) is 0.167. The second-order valence-electron chi connectivity index (χ2n) is 5.54. The van der Waals surface area contributed by atoms with Gasteiger partial charge in [0, 0.05) is 10.6 Å². The van der Waals surface area contributed by atoms with Crippen LogP contribution in [-0.2, 0) is 6.54 Å². The Balaban J connectivity index is 1.62. The van der Waals surface area contributed by atoms with Crippen LogP contribution >= 0.6 is 11.8 Å². The first-order valence-corrected chi connectivity index (χ1v) is 9.06. The molecular weight excluding hydrogens is 355 g/mol. The normalized spacial score (nSPS) is 12.0. The molecule has 0 spiro atoms. The number of hydrogen-bond acceptors (Lipinski definition) is 5. The van der Waals surface area contributed by atoms with Gasteiger partial charge in [-0.25, -0.2) is 14.1 Å². The standard InChI is InChI=1S/C18H17FN4O2S/c1-26-15-8-6-14(7-9-15)21-18(25)17-20-11-23(22-17)10-16(24)12-2-4-13(19)5-3-12/h2-9,11,16,24H,10H2,1H3,(H,21,25)/t16-/m0/s1. The van der Waals surface area contributed by atoms with Crippen molar-refractivity contribution in [1.29, 1.82) is 0 Å². The lowest BCUT2D eigenvalue weighted by atomic mass is 10.1. The molecule has 1 heterocycles. The lowest BCUT2D eigenvalue weighted by Crippen LogP contribution is -2.15.